The molecule has 0 aromatic heterocycles. The van der Waals surface area contributed by atoms with Crippen molar-refractivity contribution >= 4 is 22.0 Å². The molecule has 1 heterocycles. The second-order valence-electron chi connectivity index (χ2n) is 7.53. The number of hydrogen-bond acceptors (Lipinski definition) is 4. The Balaban J connectivity index is 1.93. The fourth-order valence-electron chi connectivity index (χ4n) is 3.17. The summed E-state index contributed by atoms with van der Waals surface area (Å²) in [5, 5.41) is 3.00. The molecule has 0 bridgehead atoms. The third-order valence-electron chi connectivity index (χ3n) is 5.04. The number of amides is 3. The summed E-state index contributed by atoms with van der Waals surface area (Å²) < 4.78 is 25.4. The lowest BCUT2D eigenvalue weighted by Crippen LogP contribution is -2.46. The molecule has 0 saturated carbocycles. The Morgan fingerprint density at radius 1 is 1.07 bits per heavy atom. The number of rotatable bonds is 5. The summed E-state index contributed by atoms with van der Waals surface area (Å²) in [6.45, 7) is 3.01. The molecule has 1 unspecified atom stereocenters. The van der Waals surface area contributed by atoms with Gasteiger partial charge in [0.1, 0.15) is 0 Å². The van der Waals surface area contributed by atoms with Gasteiger partial charge in [0, 0.05) is 47.2 Å². The van der Waals surface area contributed by atoms with Crippen molar-refractivity contribution in [1.82, 2.24) is 19.4 Å². The summed E-state index contributed by atoms with van der Waals surface area (Å²) in [7, 11) is 2.95. The van der Waals surface area contributed by atoms with Crippen LogP contribution in [-0.4, -0.2) is 75.7 Å². The highest BCUT2D eigenvalue weighted by Gasteiger charge is 2.28. The van der Waals surface area contributed by atoms with Crippen LogP contribution in [0.15, 0.2) is 29.2 Å². The second kappa shape index (κ2) is 8.91. The van der Waals surface area contributed by atoms with Gasteiger partial charge in [-0.05, 0) is 37.5 Å². The lowest BCUT2D eigenvalue weighted by atomic mass is 9.95. The van der Waals surface area contributed by atoms with Crippen molar-refractivity contribution in [3.63, 3.8) is 0 Å². The minimum atomic E-state index is -3.47. The number of nitrogens with zero attached hydrogens (tertiary/aromatic N) is 3. The number of carbonyl (C=O) groups is 2. The Morgan fingerprint density at radius 2 is 1.61 bits per heavy atom. The average molecular weight is 411 g/mol. The summed E-state index contributed by atoms with van der Waals surface area (Å²) in [5.41, 5.74) is 0.839. The number of piperidine rings is 1. The van der Waals surface area contributed by atoms with E-state index < -0.39 is 10.0 Å². The smallest absolute Gasteiger partial charge is 0.319 e. The van der Waals surface area contributed by atoms with E-state index in [4.69, 9.17) is 0 Å². The lowest BCUT2D eigenvalue weighted by molar-refractivity contribution is -0.126. The van der Waals surface area contributed by atoms with Crippen LogP contribution >= 0.6 is 0 Å². The Morgan fingerprint density at radius 3 is 2.07 bits per heavy atom. The number of carbonyl (C=O) groups excluding carboxylic acids is 2. The molecule has 9 heteroatoms. The van der Waals surface area contributed by atoms with Crippen LogP contribution in [0.1, 0.15) is 31.4 Å². The highest BCUT2D eigenvalue weighted by Crippen LogP contribution is 2.21. The number of likely N-dealkylation sites (tertiary alicyclic amines) is 1. The van der Waals surface area contributed by atoms with E-state index >= 15 is 0 Å². The molecule has 0 spiro atoms. The molecule has 156 valence electrons. The summed E-state index contributed by atoms with van der Waals surface area (Å²) >= 11 is 0. The largest absolute Gasteiger partial charge is 0.349 e. The van der Waals surface area contributed by atoms with Crippen molar-refractivity contribution in [3.05, 3.63) is 29.8 Å². The Hall–Kier alpha value is -2.13. The molecule has 8 nitrogen and oxygen atoms in total. The van der Waals surface area contributed by atoms with Gasteiger partial charge in [0.2, 0.25) is 15.9 Å². The number of urea groups is 1. The molecule has 2 rings (SSSR count). The van der Waals surface area contributed by atoms with Gasteiger partial charge >= 0.3 is 6.03 Å². The normalized spacial score (nSPS) is 16.7. The van der Waals surface area contributed by atoms with E-state index in [1.165, 1.54) is 18.4 Å². The topological polar surface area (TPSA) is 90.0 Å². The first-order valence-electron chi connectivity index (χ1n) is 9.33. The molecule has 1 aromatic rings. The molecule has 1 atom stereocenters. The van der Waals surface area contributed by atoms with E-state index in [1.807, 2.05) is 6.92 Å². The van der Waals surface area contributed by atoms with Crippen LogP contribution in [-0.2, 0) is 14.8 Å². The van der Waals surface area contributed by atoms with E-state index in [9.17, 15) is 18.0 Å². The van der Waals surface area contributed by atoms with Crippen molar-refractivity contribution in [2.75, 3.05) is 41.3 Å². The fourth-order valence-corrected chi connectivity index (χ4v) is 4.07. The molecule has 28 heavy (non-hydrogen) atoms. The molecule has 1 aliphatic heterocycles. The van der Waals surface area contributed by atoms with Gasteiger partial charge in [0.15, 0.2) is 0 Å². The summed E-state index contributed by atoms with van der Waals surface area (Å²) in [5.74, 6) is -0.156. The number of hydrogen-bond donors (Lipinski definition) is 1. The summed E-state index contributed by atoms with van der Waals surface area (Å²) in [6, 6.07) is 6.29. The van der Waals surface area contributed by atoms with Gasteiger partial charge in [0.25, 0.3) is 0 Å². The first-order chi connectivity index (χ1) is 13.0. The minimum absolute atomic E-state index is 0.0278. The van der Waals surface area contributed by atoms with Crippen LogP contribution in [0.25, 0.3) is 0 Å². The van der Waals surface area contributed by atoms with Gasteiger partial charge in [0.05, 0.1) is 10.9 Å². The highest BCUT2D eigenvalue weighted by atomic mass is 32.2. The molecule has 3 amide bonds. The highest BCUT2D eigenvalue weighted by molar-refractivity contribution is 7.89. The van der Waals surface area contributed by atoms with Gasteiger partial charge in [-0.1, -0.05) is 12.1 Å². The van der Waals surface area contributed by atoms with Crippen molar-refractivity contribution in [2.45, 2.75) is 30.7 Å². The van der Waals surface area contributed by atoms with E-state index in [0.29, 0.717) is 25.9 Å². The third kappa shape index (κ3) is 5.02. The number of benzene rings is 1. The predicted molar refractivity (Wildman–Crippen MR) is 107 cm³/mol. The average Bonchev–Trinajstić information content (AvgIpc) is 2.67. The Labute approximate surface area is 167 Å². The molecule has 1 aromatic carbocycles. The summed E-state index contributed by atoms with van der Waals surface area (Å²) in [6.07, 6.45) is 1.27. The van der Waals surface area contributed by atoms with Crippen molar-refractivity contribution < 1.29 is 18.0 Å². The van der Waals surface area contributed by atoms with Gasteiger partial charge in [-0.25, -0.2) is 17.5 Å². The lowest BCUT2D eigenvalue weighted by Gasteiger charge is -2.33. The zero-order chi connectivity index (χ0) is 21.1. The maximum absolute atomic E-state index is 12.6. The van der Waals surface area contributed by atoms with Crippen LogP contribution in [0.5, 0.6) is 0 Å². The molecule has 0 aliphatic carbocycles. The molecular formula is C19H30N4O4S. The minimum Gasteiger partial charge on any atom is -0.349 e. The van der Waals surface area contributed by atoms with Crippen LogP contribution in [0.4, 0.5) is 4.79 Å². The second-order valence-corrected chi connectivity index (χ2v) is 9.68. The van der Waals surface area contributed by atoms with E-state index in [0.717, 1.165) is 5.56 Å². The van der Waals surface area contributed by atoms with Crippen molar-refractivity contribution in [2.24, 2.45) is 5.92 Å². The molecule has 1 aliphatic rings. The third-order valence-corrected chi connectivity index (χ3v) is 6.87. The molecule has 1 N–H and O–H groups in total. The van der Waals surface area contributed by atoms with Gasteiger partial charge in [-0.3, -0.25) is 4.79 Å². The van der Waals surface area contributed by atoms with Crippen LogP contribution in [0, 0.1) is 5.92 Å². The molecular weight excluding hydrogens is 380 g/mol. The summed E-state index contributed by atoms with van der Waals surface area (Å²) in [4.78, 5) is 28.1. The van der Waals surface area contributed by atoms with Crippen LogP contribution in [0.2, 0.25) is 0 Å². The SMILES string of the molecule is CC(NC(=O)C1CCN(C(=O)N(C)C)CC1)c1ccc(S(=O)(=O)N(C)C)cc1. The maximum Gasteiger partial charge on any atom is 0.319 e. The monoisotopic (exact) mass is 410 g/mol. The first kappa shape index (κ1) is 22.2. The van der Waals surface area contributed by atoms with Crippen LogP contribution in [0.3, 0.4) is 0 Å². The van der Waals surface area contributed by atoms with Gasteiger partial charge < -0.3 is 15.1 Å². The molecule has 0 radical (unpaired) electrons. The predicted octanol–water partition coefficient (Wildman–Crippen LogP) is 1.51. The Bertz CT molecular complexity index is 798. The number of nitrogens with one attached hydrogen (secondary N) is 1. The maximum atomic E-state index is 12.6. The van der Waals surface area contributed by atoms with E-state index in [-0.39, 0.29) is 28.8 Å². The Kier molecular flexibility index (Phi) is 7.06. The van der Waals surface area contributed by atoms with Gasteiger partial charge in [-0.2, -0.15) is 0 Å². The molecule has 1 fully saturated rings. The van der Waals surface area contributed by atoms with Crippen LogP contribution < -0.4 is 5.32 Å². The fraction of sp³-hybridized carbons (Fsp3) is 0.579. The zero-order valence-corrected chi connectivity index (χ0v) is 18.0. The van der Waals surface area contributed by atoms with E-state index in [2.05, 4.69) is 5.32 Å². The number of sulfonamides is 1. The zero-order valence-electron chi connectivity index (χ0n) is 17.2. The van der Waals surface area contributed by atoms with Gasteiger partial charge in [-0.15, -0.1) is 0 Å². The van der Waals surface area contributed by atoms with E-state index in [1.54, 1.807) is 48.2 Å². The standard InChI is InChI=1S/C19H30N4O4S/c1-14(15-6-8-17(9-7-15)28(26,27)22(4)5)20-18(24)16-10-12-23(13-11-16)19(25)21(2)3/h6-9,14,16H,10-13H2,1-5H3,(H,20,24). The van der Waals surface area contributed by atoms with Crippen molar-refractivity contribution in [3.8, 4) is 0 Å². The van der Waals surface area contributed by atoms with Crippen molar-refractivity contribution in [1.29, 1.82) is 0 Å². The quantitative estimate of drug-likeness (QED) is 0.797. The first-order valence-corrected chi connectivity index (χ1v) is 10.8. The molecule has 1 saturated heterocycles.